The maximum atomic E-state index is 12.3. The first-order valence-electron chi connectivity index (χ1n) is 7.10. The number of aryl methyl sites for hydroxylation is 1. The van der Waals surface area contributed by atoms with Crippen molar-refractivity contribution in [3.05, 3.63) is 46.9 Å². The Hall–Kier alpha value is -2.14. The maximum Gasteiger partial charge on any atom is 0.274 e. The summed E-state index contributed by atoms with van der Waals surface area (Å²) in [7, 11) is 0. The molecule has 0 spiro atoms. The Morgan fingerprint density at radius 3 is 2.55 bits per heavy atom. The number of halogens is 1. The summed E-state index contributed by atoms with van der Waals surface area (Å²) in [5, 5.41) is 6.61. The van der Waals surface area contributed by atoms with Crippen LogP contribution in [-0.2, 0) is 0 Å². The lowest BCUT2D eigenvalue weighted by atomic mass is 10.2. The number of carbonyl (C=O) groups excluding carboxylic acids is 1. The van der Waals surface area contributed by atoms with Crippen molar-refractivity contribution in [1.82, 2.24) is 9.97 Å². The average Bonchev–Trinajstić information content (AvgIpc) is 2.47. The molecule has 0 aliphatic heterocycles. The van der Waals surface area contributed by atoms with E-state index >= 15 is 0 Å². The monoisotopic (exact) mass is 318 g/mol. The van der Waals surface area contributed by atoms with Gasteiger partial charge in [-0.25, -0.2) is 9.97 Å². The molecular weight excluding hydrogens is 300 g/mol. The van der Waals surface area contributed by atoms with Gasteiger partial charge in [-0.15, -0.1) is 0 Å². The molecule has 0 fully saturated rings. The van der Waals surface area contributed by atoms with E-state index in [9.17, 15) is 4.79 Å². The summed E-state index contributed by atoms with van der Waals surface area (Å²) in [5.41, 5.74) is 0.996. The Balaban J connectivity index is 2.13. The van der Waals surface area contributed by atoms with Crippen molar-refractivity contribution in [1.29, 1.82) is 0 Å². The second-order valence-electron chi connectivity index (χ2n) is 5.42. The Kier molecular flexibility index (Phi) is 5.33. The summed E-state index contributed by atoms with van der Waals surface area (Å²) >= 11 is 5.83. The number of hydrogen-bond acceptors (Lipinski definition) is 4. The number of amides is 1. The Morgan fingerprint density at radius 2 is 1.91 bits per heavy atom. The van der Waals surface area contributed by atoms with Crippen molar-refractivity contribution >= 4 is 29.0 Å². The van der Waals surface area contributed by atoms with Crippen LogP contribution in [0, 0.1) is 12.8 Å². The highest BCUT2D eigenvalue weighted by Gasteiger charge is 2.11. The van der Waals surface area contributed by atoms with Gasteiger partial charge in [0, 0.05) is 23.3 Å². The fraction of sp³-hybridized carbons (Fsp3) is 0.312. The molecule has 0 unspecified atom stereocenters. The Morgan fingerprint density at radius 1 is 1.23 bits per heavy atom. The molecule has 116 valence electrons. The zero-order chi connectivity index (χ0) is 16.1. The van der Waals surface area contributed by atoms with Gasteiger partial charge in [0.15, 0.2) is 0 Å². The molecule has 0 aliphatic rings. The normalized spacial score (nSPS) is 10.6. The number of nitrogens with one attached hydrogen (secondary N) is 2. The van der Waals surface area contributed by atoms with Gasteiger partial charge < -0.3 is 10.6 Å². The van der Waals surface area contributed by atoms with E-state index in [1.54, 1.807) is 37.3 Å². The van der Waals surface area contributed by atoms with E-state index in [4.69, 9.17) is 11.6 Å². The smallest absolute Gasteiger partial charge is 0.274 e. The van der Waals surface area contributed by atoms with Gasteiger partial charge in [0.2, 0.25) is 0 Å². The molecule has 2 N–H and O–H groups in total. The van der Waals surface area contributed by atoms with Crippen molar-refractivity contribution < 1.29 is 4.79 Å². The number of carbonyl (C=O) groups is 1. The quantitative estimate of drug-likeness (QED) is 0.881. The van der Waals surface area contributed by atoms with Crippen molar-refractivity contribution in [2.75, 3.05) is 17.2 Å². The SMILES string of the molecule is Cc1nc(NCC(C)C)cc(C(=O)Nc2ccc(Cl)cc2)n1. The van der Waals surface area contributed by atoms with Crippen LogP contribution in [0.3, 0.4) is 0 Å². The first-order valence-corrected chi connectivity index (χ1v) is 7.48. The highest BCUT2D eigenvalue weighted by Crippen LogP contribution is 2.15. The van der Waals surface area contributed by atoms with Crippen LogP contribution in [0.15, 0.2) is 30.3 Å². The molecule has 2 aromatic rings. The third kappa shape index (κ3) is 4.70. The van der Waals surface area contributed by atoms with Crippen molar-refractivity contribution in [3.63, 3.8) is 0 Å². The predicted molar refractivity (Wildman–Crippen MR) is 89.5 cm³/mol. The molecule has 0 radical (unpaired) electrons. The van der Waals surface area contributed by atoms with Crippen LogP contribution < -0.4 is 10.6 Å². The summed E-state index contributed by atoms with van der Waals surface area (Å²) in [4.78, 5) is 20.8. The first kappa shape index (κ1) is 16.2. The number of hydrogen-bond donors (Lipinski definition) is 2. The lowest BCUT2D eigenvalue weighted by Gasteiger charge is -2.10. The largest absolute Gasteiger partial charge is 0.370 e. The lowest BCUT2D eigenvalue weighted by Crippen LogP contribution is -2.16. The minimum absolute atomic E-state index is 0.277. The van der Waals surface area contributed by atoms with E-state index in [0.717, 1.165) is 6.54 Å². The van der Waals surface area contributed by atoms with E-state index < -0.39 is 0 Å². The number of rotatable bonds is 5. The van der Waals surface area contributed by atoms with Gasteiger partial charge in [-0.2, -0.15) is 0 Å². The molecule has 1 heterocycles. The molecule has 0 bridgehead atoms. The fourth-order valence-corrected chi connectivity index (χ4v) is 1.94. The molecule has 22 heavy (non-hydrogen) atoms. The van der Waals surface area contributed by atoms with Gasteiger partial charge in [-0.1, -0.05) is 25.4 Å². The number of nitrogens with zero attached hydrogens (tertiary/aromatic N) is 2. The Bertz CT molecular complexity index is 656. The molecule has 5 nitrogen and oxygen atoms in total. The summed E-state index contributed by atoms with van der Waals surface area (Å²) in [6.45, 7) is 6.76. The zero-order valence-electron chi connectivity index (χ0n) is 12.9. The summed E-state index contributed by atoms with van der Waals surface area (Å²) in [5.74, 6) is 1.42. The van der Waals surface area contributed by atoms with E-state index in [0.29, 0.717) is 34.0 Å². The molecule has 2 rings (SSSR count). The minimum Gasteiger partial charge on any atom is -0.370 e. The summed E-state index contributed by atoms with van der Waals surface area (Å²) in [6.07, 6.45) is 0. The van der Waals surface area contributed by atoms with Crippen LogP contribution in [0.25, 0.3) is 0 Å². The summed E-state index contributed by atoms with van der Waals surface area (Å²) in [6, 6.07) is 8.58. The molecule has 6 heteroatoms. The molecule has 0 atom stereocenters. The predicted octanol–water partition coefficient (Wildman–Crippen LogP) is 3.76. The maximum absolute atomic E-state index is 12.3. The topological polar surface area (TPSA) is 66.9 Å². The molecule has 0 saturated carbocycles. The van der Waals surface area contributed by atoms with Crippen molar-refractivity contribution in [3.8, 4) is 0 Å². The molecule has 1 aromatic heterocycles. The summed E-state index contributed by atoms with van der Waals surface area (Å²) < 4.78 is 0. The second kappa shape index (κ2) is 7.22. The van der Waals surface area contributed by atoms with Gasteiger partial charge in [-0.05, 0) is 37.1 Å². The second-order valence-corrected chi connectivity index (χ2v) is 5.86. The molecule has 0 aliphatic carbocycles. The number of benzene rings is 1. The first-order chi connectivity index (χ1) is 10.4. The van der Waals surface area contributed by atoms with Gasteiger partial charge in [0.1, 0.15) is 17.3 Å². The third-order valence-corrected chi connectivity index (χ3v) is 3.12. The van der Waals surface area contributed by atoms with E-state index in [1.807, 2.05) is 0 Å². The van der Waals surface area contributed by atoms with E-state index in [2.05, 4.69) is 34.4 Å². The van der Waals surface area contributed by atoms with Crippen LogP contribution in [-0.4, -0.2) is 22.4 Å². The number of aromatic nitrogens is 2. The van der Waals surface area contributed by atoms with Crippen LogP contribution in [0.2, 0.25) is 5.02 Å². The standard InChI is InChI=1S/C16H19ClN4O/c1-10(2)9-18-15-8-14(19-11(3)20-15)16(22)21-13-6-4-12(17)5-7-13/h4-8,10H,9H2,1-3H3,(H,21,22)(H,18,19,20). The van der Waals surface area contributed by atoms with Crippen LogP contribution in [0.5, 0.6) is 0 Å². The van der Waals surface area contributed by atoms with Crippen molar-refractivity contribution in [2.45, 2.75) is 20.8 Å². The molecule has 1 amide bonds. The third-order valence-electron chi connectivity index (χ3n) is 2.86. The number of anilines is 2. The average molecular weight is 319 g/mol. The van der Waals surface area contributed by atoms with E-state index in [-0.39, 0.29) is 5.91 Å². The zero-order valence-corrected chi connectivity index (χ0v) is 13.6. The van der Waals surface area contributed by atoms with Crippen LogP contribution >= 0.6 is 11.6 Å². The lowest BCUT2D eigenvalue weighted by molar-refractivity contribution is 0.102. The van der Waals surface area contributed by atoms with Crippen molar-refractivity contribution in [2.24, 2.45) is 5.92 Å². The highest BCUT2D eigenvalue weighted by molar-refractivity contribution is 6.30. The van der Waals surface area contributed by atoms with Gasteiger partial charge in [0.05, 0.1) is 0 Å². The van der Waals surface area contributed by atoms with Crippen LogP contribution in [0.4, 0.5) is 11.5 Å². The van der Waals surface area contributed by atoms with E-state index in [1.165, 1.54) is 0 Å². The van der Waals surface area contributed by atoms with Gasteiger partial charge >= 0.3 is 0 Å². The van der Waals surface area contributed by atoms with Gasteiger partial charge in [-0.3, -0.25) is 4.79 Å². The molecule has 1 aromatic carbocycles. The fourth-order valence-electron chi connectivity index (χ4n) is 1.81. The Labute approximate surface area is 135 Å². The minimum atomic E-state index is -0.277. The highest BCUT2D eigenvalue weighted by atomic mass is 35.5. The molecular formula is C16H19ClN4O. The molecule has 0 saturated heterocycles. The van der Waals surface area contributed by atoms with Crippen LogP contribution in [0.1, 0.15) is 30.2 Å². The van der Waals surface area contributed by atoms with Gasteiger partial charge in [0.25, 0.3) is 5.91 Å².